The van der Waals surface area contributed by atoms with E-state index >= 15 is 0 Å². The highest BCUT2D eigenvalue weighted by Crippen LogP contribution is 2.42. The number of aryl methyl sites for hydroxylation is 1. The van der Waals surface area contributed by atoms with Crippen LogP contribution in [-0.2, 0) is 11.8 Å². The first-order valence-corrected chi connectivity index (χ1v) is 9.69. The minimum absolute atomic E-state index is 0.150. The first-order valence-electron chi connectivity index (χ1n) is 9.69. The Kier molecular flexibility index (Phi) is 4.56. The lowest BCUT2D eigenvalue weighted by Crippen LogP contribution is -2.40. The van der Waals surface area contributed by atoms with Crippen molar-refractivity contribution in [1.82, 2.24) is 14.5 Å². The van der Waals surface area contributed by atoms with Crippen molar-refractivity contribution in [2.75, 3.05) is 6.54 Å². The van der Waals surface area contributed by atoms with Gasteiger partial charge in [-0.05, 0) is 29.8 Å². The van der Waals surface area contributed by atoms with Gasteiger partial charge in [-0.3, -0.25) is 14.7 Å². The predicted molar refractivity (Wildman–Crippen MR) is 113 cm³/mol. The molecule has 158 valence electrons. The average molecular weight is 431 g/mol. The lowest BCUT2D eigenvalue weighted by atomic mass is 9.86. The van der Waals surface area contributed by atoms with E-state index in [2.05, 4.69) is 9.98 Å². The molecule has 2 aromatic carbocycles. The number of aromatic nitrogens is 2. The largest absolute Gasteiger partial charge is 0.451 e. The number of imidazole rings is 1. The fourth-order valence-electron chi connectivity index (χ4n) is 3.88. The van der Waals surface area contributed by atoms with Crippen LogP contribution in [0, 0.1) is 28.9 Å². The molecule has 2 aliphatic rings. The Morgan fingerprint density at radius 1 is 1.25 bits per heavy atom. The van der Waals surface area contributed by atoms with Crippen molar-refractivity contribution >= 4 is 28.2 Å². The van der Waals surface area contributed by atoms with Crippen LogP contribution in [0.5, 0.6) is 11.5 Å². The van der Waals surface area contributed by atoms with Gasteiger partial charge in [0.15, 0.2) is 17.3 Å². The van der Waals surface area contributed by atoms with Crippen molar-refractivity contribution < 1.29 is 18.3 Å². The fraction of sp³-hybridized carbons (Fsp3) is 0.130. The summed E-state index contributed by atoms with van der Waals surface area (Å²) in [5.74, 6) is -2.28. The number of fused-ring (bicyclic) bond motifs is 2. The Bertz CT molecular complexity index is 1410. The molecule has 1 aromatic heterocycles. The molecule has 0 fully saturated rings. The maximum absolute atomic E-state index is 14.4. The Hall–Kier alpha value is -4.32. The molecule has 0 radical (unpaired) electrons. The highest BCUT2D eigenvalue weighted by atomic mass is 19.1. The third-order valence-electron chi connectivity index (χ3n) is 5.40. The molecule has 0 saturated carbocycles. The van der Waals surface area contributed by atoms with Crippen LogP contribution in [0.3, 0.4) is 0 Å². The summed E-state index contributed by atoms with van der Waals surface area (Å²) in [4.78, 5) is 22.5. The number of allylic oxidation sites excluding steroid dienone is 2. The Balaban J connectivity index is 1.72. The number of halogens is 2. The number of aliphatic imine (C=N–C) groups is 1. The number of nitrogens with zero attached hydrogens (tertiary/aromatic N) is 5. The zero-order valence-electron chi connectivity index (χ0n) is 16.8. The lowest BCUT2D eigenvalue weighted by molar-refractivity contribution is -0.121. The monoisotopic (exact) mass is 431 g/mol. The highest BCUT2D eigenvalue weighted by Gasteiger charge is 2.36. The summed E-state index contributed by atoms with van der Waals surface area (Å²) in [6.45, 7) is -0.150. The van der Waals surface area contributed by atoms with E-state index in [4.69, 9.17) is 10.00 Å². The van der Waals surface area contributed by atoms with Crippen LogP contribution in [0.25, 0.3) is 16.6 Å². The summed E-state index contributed by atoms with van der Waals surface area (Å²) >= 11 is 0. The molecule has 2 aliphatic heterocycles. The number of carbonyl (C=O) groups excluding carboxylic acids is 1. The van der Waals surface area contributed by atoms with Crippen molar-refractivity contribution in [3.63, 3.8) is 0 Å². The van der Waals surface area contributed by atoms with E-state index in [-0.39, 0.29) is 29.7 Å². The van der Waals surface area contributed by atoms with E-state index < -0.39 is 17.6 Å². The summed E-state index contributed by atoms with van der Waals surface area (Å²) in [7, 11) is 1.81. The summed E-state index contributed by atoms with van der Waals surface area (Å²) in [6, 6.07) is 8.66. The first kappa shape index (κ1) is 19.6. The Morgan fingerprint density at radius 2 is 2.09 bits per heavy atom. The first-order chi connectivity index (χ1) is 15.5. The highest BCUT2D eigenvalue weighted by molar-refractivity contribution is 6.44. The smallest absolute Gasteiger partial charge is 0.274 e. The zero-order valence-corrected chi connectivity index (χ0v) is 16.8. The Morgan fingerprint density at radius 3 is 2.88 bits per heavy atom. The second-order valence-electron chi connectivity index (χ2n) is 7.35. The average Bonchev–Trinajstić information content (AvgIpc) is 3.40. The molecular formula is C23H15F2N5O2. The van der Waals surface area contributed by atoms with Gasteiger partial charge in [0.05, 0.1) is 23.8 Å². The third kappa shape index (κ3) is 3.04. The molecule has 0 saturated heterocycles. The molecule has 9 heteroatoms. The molecule has 3 aromatic rings. The predicted octanol–water partition coefficient (Wildman–Crippen LogP) is 3.93. The zero-order chi connectivity index (χ0) is 22.4. The van der Waals surface area contributed by atoms with Gasteiger partial charge in [0.2, 0.25) is 0 Å². The van der Waals surface area contributed by atoms with E-state index in [0.717, 1.165) is 17.6 Å². The molecule has 5 rings (SSSR count). The van der Waals surface area contributed by atoms with Crippen LogP contribution >= 0.6 is 0 Å². The van der Waals surface area contributed by atoms with Crippen molar-refractivity contribution in [3.8, 4) is 17.6 Å². The maximum Gasteiger partial charge on any atom is 0.274 e. The van der Waals surface area contributed by atoms with E-state index in [1.165, 1.54) is 11.0 Å². The number of nitriles is 1. The van der Waals surface area contributed by atoms with Gasteiger partial charge in [-0.15, -0.1) is 0 Å². The SMILES string of the molecule is Cn1cnc2c(Oc3ccc(F)cc3F)c(C3=CN(CC#N)C(=O)C4=NC=CC34)ccc21. The number of amides is 1. The van der Waals surface area contributed by atoms with Crippen molar-refractivity contribution in [3.05, 3.63) is 72.3 Å². The van der Waals surface area contributed by atoms with E-state index in [1.54, 1.807) is 35.4 Å². The molecule has 0 spiro atoms. The topological polar surface area (TPSA) is 83.5 Å². The quantitative estimate of drug-likeness (QED) is 0.586. The van der Waals surface area contributed by atoms with Crippen molar-refractivity contribution in [1.29, 1.82) is 5.26 Å². The third-order valence-corrected chi connectivity index (χ3v) is 5.40. The molecule has 1 unspecified atom stereocenters. The number of hydrogen-bond acceptors (Lipinski definition) is 5. The minimum Gasteiger partial charge on any atom is -0.451 e. The molecule has 0 N–H and O–H groups in total. The summed E-state index contributed by atoms with van der Waals surface area (Å²) in [5, 5.41) is 9.14. The van der Waals surface area contributed by atoms with Gasteiger partial charge in [0.1, 0.15) is 23.6 Å². The van der Waals surface area contributed by atoms with Gasteiger partial charge in [-0.25, -0.2) is 13.8 Å². The lowest BCUT2D eigenvalue weighted by Gasteiger charge is -2.28. The molecule has 1 amide bonds. The molecule has 7 nitrogen and oxygen atoms in total. The minimum atomic E-state index is -0.856. The van der Waals surface area contributed by atoms with Gasteiger partial charge in [-0.2, -0.15) is 5.26 Å². The van der Waals surface area contributed by atoms with Gasteiger partial charge in [0.25, 0.3) is 5.91 Å². The van der Waals surface area contributed by atoms with E-state index in [0.29, 0.717) is 16.7 Å². The number of ether oxygens (including phenoxy) is 1. The maximum atomic E-state index is 14.4. The fourth-order valence-corrected chi connectivity index (χ4v) is 3.88. The molecule has 1 atom stereocenters. The van der Waals surface area contributed by atoms with Crippen LogP contribution in [0.4, 0.5) is 8.78 Å². The molecule has 32 heavy (non-hydrogen) atoms. The number of rotatable bonds is 4. The van der Waals surface area contributed by atoms with Crippen molar-refractivity contribution in [2.45, 2.75) is 0 Å². The van der Waals surface area contributed by atoms with Crippen LogP contribution < -0.4 is 4.74 Å². The van der Waals surface area contributed by atoms with Crippen LogP contribution in [-0.4, -0.2) is 32.6 Å². The van der Waals surface area contributed by atoms with Gasteiger partial charge < -0.3 is 9.30 Å². The summed E-state index contributed by atoms with van der Waals surface area (Å²) in [5.41, 5.74) is 2.71. The van der Waals surface area contributed by atoms with Gasteiger partial charge in [-0.1, -0.05) is 6.08 Å². The molecule has 3 heterocycles. The van der Waals surface area contributed by atoms with Gasteiger partial charge in [0, 0.05) is 31.1 Å². The number of carbonyl (C=O) groups is 1. The van der Waals surface area contributed by atoms with Crippen LogP contribution in [0.2, 0.25) is 0 Å². The number of hydrogen-bond donors (Lipinski definition) is 0. The normalized spacial score (nSPS) is 17.2. The molecule has 0 bridgehead atoms. The summed E-state index contributed by atoms with van der Waals surface area (Å²) in [6.07, 6.45) is 6.50. The van der Waals surface area contributed by atoms with Crippen LogP contribution in [0.15, 0.2) is 60.1 Å². The van der Waals surface area contributed by atoms with E-state index in [9.17, 15) is 13.6 Å². The van der Waals surface area contributed by atoms with Crippen molar-refractivity contribution in [2.24, 2.45) is 18.0 Å². The second-order valence-corrected chi connectivity index (χ2v) is 7.35. The summed E-state index contributed by atoms with van der Waals surface area (Å²) < 4.78 is 35.6. The second kappa shape index (κ2) is 7.42. The standard InChI is InChI=1S/C23H15F2N5O2/c1-29-12-28-21-18(29)4-3-15(22(21)32-19-5-2-13(24)10-17(19)25)16-11-30(9-7-26)23(31)20-14(16)6-8-27-20/h2-6,8,10-12,14H,9H2,1H3. The van der Waals surface area contributed by atoms with E-state index in [1.807, 2.05) is 19.2 Å². The van der Waals surface area contributed by atoms with Gasteiger partial charge >= 0.3 is 0 Å². The van der Waals surface area contributed by atoms with Crippen LogP contribution in [0.1, 0.15) is 5.56 Å². The molecule has 0 aliphatic carbocycles. The Labute approximate surface area is 181 Å². The molecular weight excluding hydrogens is 416 g/mol. The number of benzene rings is 2.